The van der Waals surface area contributed by atoms with Crippen LogP contribution in [0.3, 0.4) is 0 Å². The smallest absolute Gasteiger partial charge is 0.249 e. The predicted molar refractivity (Wildman–Crippen MR) is 109 cm³/mol. The van der Waals surface area contributed by atoms with Gasteiger partial charge in [0.15, 0.2) is 11.7 Å². The van der Waals surface area contributed by atoms with Gasteiger partial charge in [-0.05, 0) is 56.2 Å². The fourth-order valence-corrected chi connectivity index (χ4v) is 3.07. The lowest BCUT2D eigenvalue weighted by atomic mass is 9.95. The minimum atomic E-state index is -1.44. The summed E-state index contributed by atoms with van der Waals surface area (Å²) >= 11 is 0. The number of aromatic nitrogens is 1. The van der Waals surface area contributed by atoms with Crippen molar-refractivity contribution in [3.05, 3.63) is 70.9 Å². The van der Waals surface area contributed by atoms with Crippen molar-refractivity contribution in [3.8, 4) is 6.07 Å². The highest BCUT2D eigenvalue weighted by molar-refractivity contribution is 6.16. The van der Waals surface area contributed by atoms with Gasteiger partial charge in [0.2, 0.25) is 5.91 Å². The molecule has 5 nitrogen and oxygen atoms in total. The van der Waals surface area contributed by atoms with Gasteiger partial charge in [-0.1, -0.05) is 30.7 Å². The van der Waals surface area contributed by atoms with Gasteiger partial charge in [0.25, 0.3) is 0 Å². The van der Waals surface area contributed by atoms with Crippen LogP contribution in [0.25, 0.3) is 10.9 Å². The van der Waals surface area contributed by atoms with Gasteiger partial charge in [-0.2, -0.15) is 5.26 Å². The number of benzene rings is 2. The number of carbonyl (C=O) groups is 2. The number of amides is 1. The maximum Gasteiger partial charge on any atom is 0.249 e. The summed E-state index contributed by atoms with van der Waals surface area (Å²) in [5.41, 5.74) is 4.30. The maximum absolute atomic E-state index is 12.9. The van der Waals surface area contributed by atoms with Crippen LogP contribution in [0.2, 0.25) is 0 Å². The molecule has 1 aromatic heterocycles. The van der Waals surface area contributed by atoms with E-state index in [9.17, 15) is 14.9 Å². The third-order valence-corrected chi connectivity index (χ3v) is 4.71. The Morgan fingerprint density at radius 3 is 2.46 bits per heavy atom. The third-order valence-electron chi connectivity index (χ3n) is 4.71. The van der Waals surface area contributed by atoms with Crippen LogP contribution in [0, 0.1) is 31.1 Å². The first-order valence-corrected chi connectivity index (χ1v) is 9.14. The van der Waals surface area contributed by atoms with Gasteiger partial charge in [-0.3, -0.25) is 14.6 Å². The van der Waals surface area contributed by atoms with E-state index in [1.165, 1.54) is 0 Å². The normalized spacial score (nSPS) is 11.6. The lowest BCUT2D eigenvalue weighted by molar-refractivity contribution is -0.117. The number of anilines is 1. The molecular weight excluding hydrogens is 350 g/mol. The molecule has 3 aromatic rings. The number of ketones is 1. The summed E-state index contributed by atoms with van der Waals surface area (Å²) in [7, 11) is 0. The van der Waals surface area contributed by atoms with Crippen molar-refractivity contribution in [2.75, 3.05) is 5.32 Å². The quantitative estimate of drug-likeness (QED) is 0.533. The van der Waals surface area contributed by atoms with Crippen LogP contribution >= 0.6 is 0 Å². The van der Waals surface area contributed by atoms with Crippen LogP contribution in [0.5, 0.6) is 0 Å². The molecule has 1 atom stereocenters. The largest absolute Gasteiger partial charge is 0.325 e. The predicted octanol–water partition coefficient (Wildman–Crippen LogP) is 4.38. The topological polar surface area (TPSA) is 82.9 Å². The monoisotopic (exact) mass is 371 g/mol. The summed E-state index contributed by atoms with van der Waals surface area (Å²) in [4.78, 5) is 30.0. The standard InChI is InChI=1S/C23H21N3O2/c1-4-16-6-8-18(9-7-16)26-23(28)20(13-24)22(27)19-12-17-11-14(2)5-10-21(17)25-15(19)3/h5-12,20H,4H2,1-3H3,(H,26,28). The summed E-state index contributed by atoms with van der Waals surface area (Å²) < 4.78 is 0. The van der Waals surface area contributed by atoms with Crippen LogP contribution in [-0.4, -0.2) is 16.7 Å². The van der Waals surface area contributed by atoms with Crippen molar-refractivity contribution in [2.24, 2.45) is 5.92 Å². The Kier molecular flexibility index (Phi) is 5.51. The molecule has 1 amide bonds. The molecule has 3 rings (SSSR count). The van der Waals surface area contributed by atoms with Gasteiger partial charge in [-0.15, -0.1) is 0 Å². The molecule has 0 fully saturated rings. The lowest BCUT2D eigenvalue weighted by Crippen LogP contribution is -2.29. The molecule has 0 saturated carbocycles. The third kappa shape index (κ3) is 3.91. The molecule has 28 heavy (non-hydrogen) atoms. The minimum Gasteiger partial charge on any atom is -0.325 e. The number of nitriles is 1. The summed E-state index contributed by atoms with van der Waals surface area (Å²) in [6.07, 6.45) is 0.890. The van der Waals surface area contributed by atoms with E-state index in [4.69, 9.17) is 0 Å². The van der Waals surface area contributed by atoms with Crippen LogP contribution in [-0.2, 0) is 11.2 Å². The zero-order valence-electron chi connectivity index (χ0n) is 16.1. The number of hydrogen-bond acceptors (Lipinski definition) is 4. The Balaban J connectivity index is 1.88. The Labute approximate surface area is 164 Å². The molecule has 140 valence electrons. The number of Topliss-reactive ketones (excluding diaryl/α,β-unsaturated/α-hetero) is 1. The van der Waals surface area contributed by atoms with Crippen LogP contribution in [0.4, 0.5) is 5.69 Å². The molecule has 0 aliphatic carbocycles. The number of aryl methyl sites for hydroxylation is 3. The highest BCUT2D eigenvalue weighted by Crippen LogP contribution is 2.21. The molecule has 1 heterocycles. The second kappa shape index (κ2) is 8.01. The average molecular weight is 371 g/mol. The van der Waals surface area contributed by atoms with E-state index in [-0.39, 0.29) is 0 Å². The molecule has 0 aliphatic heterocycles. The van der Waals surface area contributed by atoms with Crippen molar-refractivity contribution in [2.45, 2.75) is 27.2 Å². The molecule has 5 heteroatoms. The number of nitrogens with one attached hydrogen (secondary N) is 1. The van der Waals surface area contributed by atoms with Crippen LogP contribution in [0.15, 0.2) is 48.5 Å². The van der Waals surface area contributed by atoms with E-state index < -0.39 is 17.6 Å². The highest BCUT2D eigenvalue weighted by atomic mass is 16.2. The fourth-order valence-electron chi connectivity index (χ4n) is 3.07. The van der Waals surface area contributed by atoms with E-state index in [1.807, 2.05) is 50.2 Å². The second-order valence-electron chi connectivity index (χ2n) is 6.78. The van der Waals surface area contributed by atoms with E-state index >= 15 is 0 Å². The molecule has 0 saturated heterocycles. The first-order chi connectivity index (χ1) is 13.4. The molecule has 2 aromatic carbocycles. The maximum atomic E-state index is 12.9. The van der Waals surface area contributed by atoms with Crippen molar-refractivity contribution < 1.29 is 9.59 Å². The molecule has 1 N–H and O–H groups in total. The summed E-state index contributed by atoms with van der Waals surface area (Å²) in [5, 5.41) is 12.9. The number of fused-ring (bicyclic) bond motifs is 1. The Hall–Kier alpha value is -3.52. The molecule has 0 aliphatic rings. The Bertz CT molecular complexity index is 1100. The van der Waals surface area contributed by atoms with Crippen LogP contribution in [0.1, 0.15) is 34.1 Å². The molecule has 0 bridgehead atoms. The van der Waals surface area contributed by atoms with Crippen molar-refractivity contribution in [3.63, 3.8) is 0 Å². The number of hydrogen-bond donors (Lipinski definition) is 1. The second-order valence-corrected chi connectivity index (χ2v) is 6.78. The van der Waals surface area contributed by atoms with Gasteiger partial charge in [-0.25, -0.2) is 0 Å². The van der Waals surface area contributed by atoms with E-state index in [1.54, 1.807) is 25.1 Å². The zero-order valence-corrected chi connectivity index (χ0v) is 16.1. The number of carbonyl (C=O) groups excluding carboxylic acids is 2. The van der Waals surface area contributed by atoms with Gasteiger partial charge >= 0.3 is 0 Å². The van der Waals surface area contributed by atoms with E-state index in [0.717, 1.165) is 28.5 Å². The van der Waals surface area contributed by atoms with Crippen molar-refractivity contribution in [1.29, 1.82) is 5.26 Å². The summed E-state index contributed by atoms with van der Waals surface area (Å²) in [6.45, 7) is 5.71. The Morgan fingerprint density at radius 1 is 1.11 bits per heavy atom. The zero-order chi connectivity index (χ0) is 20.3. The molecule has 1 unspecified atom stereocenters. The number of pyridine rings is 1. The number of nitrogens with zero attached hydrogens (tertiary/aromatic N) is 2. The Morgan fingerprint density at radius 2 is 1.82 bits per heavy atom. The molecular formula is C23H21N3O2. The molecule has 0 radical (unpaired) electrons. The van der Waals surface area contributed by atoms with E-state index in [2.05, 4.69) is 10.3 Å². The van der Waals surface area contributed by atoms with Gasteiger partial charge < -0.3 is 5.32 Å². The molecule has 0 spiro atoms. The van der Waals surface area contributed by atoms with Gasteiger partial charge in [0, 0.05) is 22.3 Å². The highest BCUT2D eigenvalue weighted by Gasteiger charge is 2.29. The lowest BCUT2D eigenvalue weighted by Gasteiger charge is -2.12. The van der Waals surface area contributed by atoms with Crippen molar-refractivity contribution in [1.82, 2.24) is 4.98 Å². The average Bonchev–Trinajstić information content (AvgIpc) is 2.68. The summed E-state index contributed by atoms with van der Waals surface area (Å²) in [5.74, 6) is -2.62. The van der Waals surface area contributed by atoms with E-state index in [0.29, 0.717) is 16.9 Å². The first-order valence-electron chi connectivity index (χ1n) is 9.14. The number of rotatable bonds is 5. The first kappa shape index (κ1) is 19.2. The van der Waals surface area contributed by atoms with Crippen molar-refractivity contribution >= 4 is 28.3 Å². The minimum absolute atomic E-state index is 0.293. The fraction of sp³-hybridized carbons (Fsp3) is 0.217. The van der Waals surface area contributed by atoms with Crippen LogP contribution < -0.4 is 5.32 Å². The summed E-state index contributed by atoms with van der Waals surface area (Å²) in [6, 6.07) is 16.6. The van der Waals surface area contributed by atoms with Gasteiger partial charge in [0.05, 0.1) is 11.6 Å². The SMILES string of the molecule is CCc1ccc(NC(=O)C(C#N)C(=O)c2cc3cc(C)ccc3nc2C)cc1. The van der Waals surface area contributed by atoms with Gasteiger partial charge in [0.1, 0.15) is 0 Å².